The number of rotatable bonds is 4. The van der Waals surface area contributed by atoms with E-state index in [1.165, 1.54) is 12.1 Å². The number of oxazole rings is 1. The normalized spacial score (nSPS) is 15.2. The minimum Gasteiger partial charge on any atom is -0.441 e. The van der Waals surface area contributed by atoms with E-state index in [1.54, 1.807) is 0 Å². The molecular formula is C21H20ClF2N3O. The van der Waals surface area contributed by atoms with Gasteiger partial charge in [-0.15, -0.1) is 0 Å². The van der Waals surface area contributed by atoms with Gasteiger partial charge in [0, 0.05) is 38.8 Å². The number of nitrogens with zero attached hydrogens (tertiary/aromatic N) is 3. The van der Waals surface area contributed by atoms with Crippen LogP contribution in [0.3, 0.4) is 0 Å². The fourth-order valence-corrected chi connectivity index (χ4v) is 3.67. The fourth-order valence-electron chi connectivity index (χ4n) is 3.42. The molecule has 146 valence electrons. The van der Waals surface area contributed by atoms with E-state index in [-0.39, 0.29) is 11.5 Å². The Morgan fingerprint density at radius 2 is 1.82 bits per heavy atom. The monoisotopic (exact) mass is 403 g/mol. The molecule has 0 bridgehead atoms. The molecule has 0 radical (unpaired) electrons. The van der Waals surface area contributed by atoms with E-state index >= 15 is 0 Å². The Balaban J connectivity index is 1.43. The van der Waals surface area contributed by atoms with Crippen molar-refractivity contribution in [3.63, 3.8) is 0 Å². The Hall–Kier alpha value is -2.44. The Bertz CT molecular complexity index is 984. The van der Waals surface area contributed by atoms with E-state index in [9.17, 15) is 8.78 Å². The number of aromatic nitrogens is 1. The molecule has 1 aliphatic rings. The molecule has 0 spiro atoms. The molecule has 3 aromatic rings. The number of hydrogen-bond donors (Lipinski definition) is 0. The summed E-state index contributed by atoms with van der Waals surface area (Å²) >= 11 is 6.30. The van der Waals surface area contributed by atoms with Crippen molar-refractivity contribution in [3.8, 4) is 11.5 Å². The van der Waals surface area contributed by atoms with E-state index in [1.807, 2.05) is 31.2 Å². The molecule has 0 aliphatic carbocycles. The van der Waals surface area contributed by atoms with Crippen LogP contribution in [-0.4, -0.2) is 36.1 Å². The van der Waals surface area contributed by atoms with Gasteiger partial charge in [0.25, 0.3) is 0 Å². The lowest BCUT2D eigenvalue weighted by molar-refractivity contribution is 0.246. The van der Waals surface area contributed by atoms with Crippen LogP contribution in [0.5, 0.6) is 0 Å². The SMILES string of the molecule is Cc1oc(-c2ccc(F)cc2F)nc1CN1CCN(c2ccccc2Cl)CC1. The number of hydrogen-bond acceptors (Lipinski definition) is 4. The van der Waals surface area contributed by atoms with Crippen molar-refractivity contribution in [1.82, 2.24) is 9.88 Å². The lowest BCUT2D eigenvalue weighted by Crippen LogP contribution is -2.46. The third-order valence-corrected chi connectivity index (χ3v) is 5.31. The maximum absolute atomic E-state index is 14.0. The van der Waals surface area contributed by atoms with Gasteiger partial charge >= 0.3 is 0 Å². The third-order valence-electron chi connectivity index (χ3n) is 4.99. The highest BCUT2D eigenvalue weighted by Gasteiger charge is 2.22. The molecule has 4 nitrogen and oxygen atoms in total. The smallest absolute Gasteiger partial charge is 0.229 e. The van der Waals surface area contributed by atoms with Crippen molar-refractivity contribution in [2.75, 3.05) is 31.1 Å². The van der Waals surface area contributed by atoms with Gasteiger partial charge in [-0.05, 0) is 31.2 Å². The van der Waals surface area contributed by atoms with E-state index in [4.69, 9.17) is 16.0 Å². The number of anilines is 1. The van der Waals surface area contributed by atoms with Crippen LogP contribution in [0.1, 0.15) is 11.5 Å². The maximum Gasteiger partial charge on any atom is 0.229 e. The zero-order valence-corrected chi connectivity index (χ0v) is 16.2. The molecule has 0 N–H and O–H groups in total. The van der Waals surface area contributed by atoms with Crippen LogP contribution in [0.25, 0.3) is 11.5 Å². The van der Waals surface area contributed by atoms with Gasteiger partial charge in [-0.3, -0.25) is 4.90 Å². The van der Waals surface area contributed by atoms with E-state index in [0.717, 1.165) is 48.6 Å². The maximum atomic E-state index is 14.0. The highest BCUT2D eigenvalue weighted by molar-refractivity contribution is 6.33. The molecule has 7 heteroatoms. The van der Waals surface area contributed by atoms with Crippen LogP contribution in [0.2, 0.25) is 5.02 Å². The zero-order chi connectivity index (χ0) is 19.7. The lowest BCUT2D eigenvalue weighted by atomic mass is 10.2. The third kappa shape index (κ3) is 3.88. The van der Waals surface area contributed by atoms with Crippen LogP contribution in [0, 0.1) is 18.6 Å². The average molecular weight is 404 g/mol. The van der Waals surface area contributed by atoms with Crippen molar-refractivity contribution < 1.29 is 13.2 Å². The van der Waals surface area contributed by atoms with Gasteiger partial charge in [-0.2, -0.15) is 0 Å². The van der Waals surface area contributed by atoms with Gasteiger partial charge in [0.15, 0.2) is 0 Å². The van der Waals surface area contributed by atoms with Crippen molar-refractivity contribution in [2.45, 2.75) is 13.5 Å². The summed E-state index contributed by atoms with van der Waals surface area (Å²) in [6, 6.07) is 11.2. The first-order chi connectivity index (χ1) is 13.5. The van der Waals surface area contributed by atoms with Crippen LogP contribution in [0.4, 0.5) is 14.5 Å². The molecule has 2 heterocycles. The van der Waals surface area contributed by atoms with Gasteiger partial charge < -0.3 is 9.32 Å². The highest BCUT2D eigenvalue weighted by atomic mass is 35.5. The Labute approximate surface area is 167 Å². The number of aryl methyl sites for hydroxylation is 1. The van der Waals surface area contributed by atoms with Gasteiger partial charge in [-0.25, -0.2) is 13.8 Å². The predicted octanol–water partition coefficient (Wildman–Crippen LogP) is 4.90. The molecule has 2 aromatic carbocycles. The van der Waals surface area contributed by atoms with Crippen molar-refractivity contribution >= 4 is 17.3 Å². The number of piperazine rings is 1. The van der Waals surface area contributed by atoms with Gasteiger partial charge in [0.2, 0.25) is 5.89 Å². The van der Waals surface area contributed by atoms with Crippen molar-refractivity contribution in [2.24, 2.45) is 0 Å². The first-order valence-electron chi connectivity index (χ1n) is 9.15. The molecule has 0 saturated carbocycles. The van der Waals surface area contributed by atoms with Crippen LogP contribution >= 0.6 is 11.6 Å². The second kappa shape index (κ2) is 7.89. The lowest BCUT2D eigenvalue weighted by Gasteiger charge is -2.36. The summed E-state index contributed by atoms with van der Waals surface area (Å²) in [6.07, 6.45) is 0. The molecule has 0 amide bonds. The summed E-state index contributed by atoms with van der Waals surface area (Å²) in [5, 5.41) is 0.759. The molecule has 1 aliphatic heterocycles. The number of halogens is 3. The summed E-state index contributed by atoms with van der Waals surface area (Å²) in [5.41, 5.74) is 1.99. The minimum atomic E-state index is -0.679. The largest absolute Gasteiger partial charge is 0.441 e. The first-order valence-corrected chi connectivity index (χ1v) is 9.52. The van der Waals surface area contributed by atoms with E-state index in [2.05, 4.69) is 14.8 Å². The molecular weight excluding hydrogens is 384 g/mol. The first kappa shape index (κ1) is 18.9. The zero-order valence-electron chi connectivity index (χ0n) is 15.5. The molecule has 0 unspecified atom stereocenters. The van der Waals surface area contributed by atoms with Gasteiger partial charge in [0.05, 0.1) is 22.0 Å². The number of para-hydroxylation sites is 1. The second-order valence-corrected chi connectivity index (χ2v) is 7.27. The average Bonchev–Trinajstić information content (AvgIpc) is 3.03. The molecule has 1 fully saturated rings. The Kier molecular flexibility index (Phi) is 5.33. The summed E-state index contributed by atoms with van der Waals surface area (Å²) in [7, 11) is 0. The minimum absolute atomic E-state index is 0.166. The van der Waals surface area contributed by atoms with Gasteiger partial charge in [-0.1, -0.05) is 23.7 Å². The summed E-state index contributed by atoms with van der Waals surface area (Å²) < 4.78 is 32.8. The summed E-state index contributed by atoms with van der Waals surface area (Å²) in [4.78, 5) is 9.00. The Morgan fingerprint density at radius 3 is 2.54 bits per heavy atom. The van der Waals surface area contributed by atoms with Gasteiger partial charge in [0.1, 0.15) is 17.4 Å². The number of benzene rings is 2. The molecule has 1 saturated heterocycles. The van der Waals surface area contributed by atoms with Crippen LogP contribution in [0.15, 0.2) is 46.9 Å². The van der Waals surface area contributed by atoms with Crippen molar-refractivity contribution in [3.05, 3.63) is 70.6 Å². The van der Waals surface area contributed by atoms with Crippen molar-refractivity contribution in [1.29, 1.82) is 0 Å². The fraction of sp³-hybridized carbons (Fsp3) is 0.286. The second-order valence-electron chi connectivity index (χ2n) is 6.86. The predicted molar refractivity (Wildman–Crippen MR) is 106 cm³/mol. The topological polar surface area (TPSA) is 32.5 Å². The van der Waals surface area contributed by atoms with Crippen LogP contribution < -0.4 is 4.90 Å². The molecule has 0 atom stereocenters. The molecule has 1 aromatic heterocycles. The van der Waals surface area contributed by atoms with E-state index in [0.29, 0.717) is 12.3 Å². The van der Waals surface area contributed by atoms with E-state index < -0.39 is 11.6 Å². The van der Waals surface area contributed by atoms with Crippen LogP contribution in [-0.2, 0) is 6.54 Å². The standard InChI is InChI=1S/C21H20ClF2N3O/c1-14-19(25-21(28-14)16-7-6-15(23)12-18(16)24)13-26-8-10-27(11-9-26)20-5-3-2-4-17(20)22/h2-7,12H,8-11,13H2,1H3. The summed E-state index contributed by atoms with van der Waals surface area (Å²) in [6.45, 7) is 5.87. The quantitative estimate of drug-likeness (QED) is 0.620. The summed E-state index contributed by atoms with van der Waals surface area (Å²) in [5.74, 6) is -0.478. The highest BCUT2D eigenvalue weighted by Crippen LogP contribution is 2.28. The Morgan fingerprint density at radius 1 is 1.07 bits per heavy atom. The molecule has 4 rings (SSSR count). The molecule has 28 heavy (non-hydrogen) atoms.